The zero-order valence-electron chi connectivity index (χ0n) is 15.0. The molecule has 2 aliphatic heterocycles. The summed E-state index contributed by atoms with van der Waals surface area (Å²) in [4.78, 5) is 48.3. The molecule has 3 rings (SSSR count). The molecule has 0 unspecified atom stereocenters. The highest BCUT2D eigenvalue weighted by Crippen LogP contribution is 2.19. The summed E-state index contributed by atoms with van der Waals surface area (Å²) in [6.07, 6.45) is -1.86. The number of hydrogen-bond acceptors (Lipinski definition) is 10. The molecule has 2 amide bonds. The summed E-state index contributed by atoms with van der Waals surface area (Å²) in [5, 5.41) is 43.5. The number of amides is 2. The van der Waals surface area contributed by atoms with Gasteiger partial charge in [0.25, 0.3) is 5.69 Å². The van der Waals surface area contributed by atoms with Crippen LogP contribution in [0.15, 0.2) is 35.3 Å². The number of aromatic amines is 1. The molecule has 0 fully saturated rings. The highest BCUT2D eigenvalue weighted by Gasteiger charge is 2.23. The summed E-state index contributed by atoms with van der Waals surface area (Å²) in [5.41, 5.74) is -1.11. The van der Waals surface area contributed by atoms with Crippen LogP contribution in [-0.2, 0) is 0 Å². The highest BCUT2D eigenvalue weighted by atomic mass is 16.6. The van der Waals surface area contributed by atoms with Crippen LogP contribution in [0.1, 0.15) is 11.8 Å². The zero-order valence-corrected chi connectivity index (χ0v) is 15.0. The highest BCUT2D eigenvalue weighted by molar-refractivity contribution is 5.98. The van der Waals surface area contributed by atoms with Gasteiger partial charge in [-0.15, -0.1) is 0 Å². The first-order chi connectivity index (χ1) is 14.3. The van der Waals surface area contributed by atoms with Gasteiger partial charge in [-0.1, -0.05) is 0 Å². The SMILES string of the molecule is O=C(Nc1ccc([N+](=O)[O-])cc1)Nc1nc2[nH]cc([C@@H](O)[C@@H](O)CO)nc-2c(=O)n1. The Labute approximate surface area is 166 Å². The number of aliphatic hydroxyl groups is 3. The Morgan fingerprint density at radius 1 is 1.17 bits per heavy atom. The van der Waals surface area contributed by atoms with Crippen LogP contribution in [0.3, 0.4) is 0 Å². The molecule has 1 aromatic carbocycles. The predicted octanol–water partition coefficient (Wildman–Crippen LogP) is -0.397. The van der Waals surface area contributed by atoms with E-state index in [-0.39, 0.29) is 34.5 Å². The molecule has 0 spiro atoms. The predicted molar refractivity (Wildman–Crippen MR) is 101 cm³/mol. The van der Waals surface area contributed by atoms with Gasteiger partial charge in [0.1, 0.15) is 12.2 Å². The molecule has 2 atom stereocenters. The van der Waals surface area contributed by atoms with Crippen LogP contribution in [0.4, 0.5) is 22.1 Å². The number of rotatable bonds is 6. The third-order valence-corrected chi connectivity index (χ3v) is 3.87. The van der Waals surface area contributed by atoms with Crippen LogP contribution >= 0.6 is 0 Å². The number of hydrogen-bond donors (Lipinski definition) is 6. The largest absolute Gasteiger partial charge is 0.394 e. The fourth-order valence-corrected chi connectivity index (χ4v) is 2.37. The molecule has 0 aliphatic carbocycles. The van der Waals surface area contributed by atoms with E-state index in [9.17, 15) is 29.9 Å². The Balaban J connectivity index is 1.76. The number of non-ortho nitro benzene ring substituents is 1. The zero-order chi connectivity index (χ0) is 21.8. The second-order valence-electron chi connectivity index (χ2n) is 5.95. The van der Waals surface area contributed by atoms with E-state index in [0.717, 1.165) is 0 Å². The standard InChI is InChI=1S/C16H15N7O7/c24-6-10(25)12(26)9-5-17-13-11(19-9)14(27)21-15(20-13)22-16(28)18-7-1-3-8(4-2-7)23(29)30/h1-5,10,12,24-26H,6H2,(H3,17,18,20,21,22,27,28)/t10-,12+/m0/s1. The lowest BCUT2D eigenvalue weighted by Gasteiger charge is -2.16. The second kappa shape index (κ2) is 8.56. The fourth-order valence-electron chi connectivity index (χ4n) is 2.37. The number of aliphatic hydroxyl groups excluding tert-OH is 3. The van der Waals surface area contributed by atoms with Crippen molar-refractivity contribution >= 4 is 23.4 Å². The first-order valence-corrected chi connectivity index (χ1v) is 8.35. The number of anilines is 2. The number of urea groups is 1. The van der Waals surface area contributed by atoms with Crippen LogP contribution in [0.25, 0.3) is 11.5 Å². The molecule has 156 valence electrons. The summed E-state index contributed by atoms with van der Waals surface area (Å²) in [7, 11) is 0. The first-order valence-electron chi connectivity index (χ1n) is 8.35. The lowest BCUT2D eigenvalue weighted by Crippen LogP contribution is -2.27. The van der Waals surface area contributed by atoms with Gasteiger partial charge in [0.15, 0.2) is 11.5 Å². The molecular weight excluding hydrogens is 402 g/mol. The summed E-state index contributed by atoms with van der Waals surface area (Å²) in [6.45, 7) is -0.714. The van der Waals surface area contributed by atoms with Crippen molar-refractivity contribution in [3.05, 3.63) is 56.6 Å². The van der Waals surface area contributed by atoms with Crippen LogP contribution < -0.4 is 16.2 Å². The van der Waals surface area contributed by atoms with Crippen LogP contribution in [0.2, 0.25) is 0 Å². The van der Waals surface area contributed by atoms with E-state index in [4.69, 9.17) is 5.11 Å². The average molecular weight is 417 g/mol. The van der Waals surface area contributed by atoms with Gasteiger partial charge >= 0.3 is 11.6 Å². The Hall–Kier alpha value is -4.01. The lowest BCUT2D eigenvalue weighted by atomic mass is 10.1. The molecule has 0 saturated heterocycles. The Kier molecular flexibility index (Phi) is 5.91. The van der Waals surface area contributed by atoms with Gasteiger partial charge in [0.2, 0.25) is 5.95 Å². The minimum absolute atomic E-state index is 0.0462. The number of carbonyl (C=O) groups excluding carboxylic acids is 1. The third-order valence-electron chi connectivity index (χ3n) is 3.87. The van der Waals surface area contributed by atoms with E-state index in [1.165, 1.54) is 30.5 Å². The number of nitrogens with one attached hydrogen (secondary N) is 3. The molecular formula is C16H15N7O7. The van der Waals surface area contributed by atoms with Gasteiger partial charge in [-0.25, -0.2) is 9.78 Å². The second-order valence-corrected chi connectivity index (χ2v) is 5.95. The molecule has 1 aromatic rings. The average Bonchev–Trinajstić information content (AvgIpc) is 2.72. The van der Waals surface area contributed by atoms with Crippen molar-refractivity contribution in [2.24, 2.45) is 0 Å². The molecule has 0 bridgehead atoms. The van der Waals surface area contributed by atoms with Crippen molar-refractivity contribution in [2.45, 2.75) is 12.2 Å². The summed E-state index contributed by atoms with van der Waals surface area (Å²) >= 11 is 0. The minimum Gasteiger partial charge on any atom is -0.394 e. The topological polar surface area (TPSA) is 216 Å². The summed E-state index contributed by atoms with van der Waals surface area (Å²) in [6, 6.07) is 4.26. The Morgan fingerprint density at radius 3 is 2.50 bits per heavy atom. The van der Waals surface area contributed by atoms with Gasteiger partial charge in [-0.05, 0) is 12.1 Å². The molecule has 0 aromatic heterocycles. The summed E-state index contributed by atoms with van der Waals surface area (Å²) in [5.74, 6) is -0.385. The molecule has 0 radical (unpaired) electrons. The maximum atomic E-state index is 12.2. The Bertz CT molecular complexity index is 1100. The van der Waals surface area contributed by atoms with E-state index in [0.29, 0.717) is 0 Å². The van der Waals surface area contributed by atoms with Crippen molar-refractivity contribution in [1.82, 2.24) is 19.9 Å². The normalized spacial score (nSPS) is 12.9. The number of carbonyl (C=O) groups is 1. The van der Waals surface area contributed by atoms with E-state index < -0.39 is 35.3 Å². The van der Waals surface area contributed by atoms with Gasteiger partial charge < -0.3 is 25.6 Å². The lowest BCUT2D eigenvalue weighted by molar-refractivity contribution is -0.384. The Morgan fingerprint density at radius 2 is 1.87 bits per heavy atom. The molecule has 0 saturated carbocycles. The van der Waals surface area contributed by atoms with Gasteiger partial charge in [-0.3, -0.25) is 20.2 Å². The van der Waals surface area contributed by atoms with Gasteiger partial charge in [-0.2, -0.15) is 9.97 Å². The maximum Gasteiger partial charge on any atom is 0.326 e. The number of H-pyrrole nitrogens is 1. The number of nitrogens with zero attached hydrogens (tertiary/aromatic N) is 4. The smallest absolute Gasteiger partial charge is 0.326 e. The number of nitro groups is 1. The number of nitro benzene ring substituents is 1. The van der Waals surface area contributed by atoms with Crippen molar-refractivity contribution in [2.75, 3.05) is 17.2 Å². The van der Waals surface area contributed by atoms with Crippen molar-refractivity contribution in [3.8, 4) is 11.5 Å². The van der Waals surface area contributed by atoms with Crippen molar-refractivity contribution in [3.63, 3.8) is 0 Å². The first kappa shape index (κ1) is 20.7. The van der Waals surface area contributed by atoms with E-state index in [2.05, 4.69) is 30.6 Å². The summed E-state index contributed by atoms with van der Waals surface area (Å²) < 4.78 is 0. The van der Waals surface area contributed by atoms with Crippen molar-refractivity contribution < 1.29 is 25.0 Å². The van der Waals surface area contributed by atoms with Crippen LogP contribution in [0.5, 0.6) is 0 Å². The number of aromatic nitrogens is 4. The van der Waals surface area contributed by atoms with Crippen LogP contribution in [0, 0.1) is 10.1 Å². The van der Waals surface area contributed by atoms with E-state index in [1.54, 1.807) is 0 Å². The fraction of sp³-hybridized carbons (Fsp3) is 0.188. The molecule has 6 N–H and O–H groups in total. The number of fused-ring (bicyclic) bond motifs is 1. The molecule has 2 aliphatic rings. The van der Waals surface area contributed by atoms with Gasteiger partial charge in [0, 0.05) is 24.0 Å². The molecule has 14 nitrogen and oxygen atoms in total. The molecule has 2 heterocycles. The van der Waals surface area contributed by atoms with E-state index in [1.807, 2.05) is 0 Å². The molecule has 30 heavy (non-hydrogen) atoms. The quantitative estimate of drug-likeness (QED) is 0.225. The minimum atomic E-state index is -1.54. The number of benzene rings is 1. The monoisotopic (exact) mass is 417 g/mol. The maximum absolute atomic E-state index is 12.2. The van der Waals surface area contributed by atoms with E-state index >= 15 is 0 Å². The third kappa shape index (κ3) is 4.52. The van der Waals surface area contributed by atoms with Gasteiger partial charge in [0.05, 0.1) is 17.2 Å². The van der Waals surface area contributed by atoms with Crippen LogP contribution in [-0.4, -0.2) is 58.9 Å². The molecule has 14 heteroatoms. The van der Waals surface area contributed by atoms with Crippen molar-refractivity contribution in [1.29, 1.82) is 0 Å².